The van der Waals surface area contributed by atoms with E-state index in [0.717, 1.165) is 57.8 Å². The normalized spacial score (nSPS) is 17.7. The fourth-order valence-electron chi connectivity index (χ4n) is 5.22. The summed E-state index contributed by atoms with van der Waals surface area (Å²) in [6, 6.07) is 10.6. The second kappa shape index (κ2) is 10.3. The summed E-state index contributed by atoms with van der Waals surface area (Å²) in [5.41, 5.74) is 2.41. The third kappa shape index (κ3) is 5.52. The molecule has 0 aliphatic carbocycles. The summed E-state index contributed by atoms with van der Waals surface area (Å²) in [5.74, 6) is 1.46. The number of fused-ring (bicyclic) bond motifs is 1. The molecule has 10 nitrogen and oxygen atoms in total. The average molecular weight is 502 g/mol. The van der Waals surface area contributed by atoms with Gasteiger partial charge in [0.15, 0.2) is 0 Å². The van der Waals surface area contributed by atoms with Crippen molar-refractivity contribution in [1.29, 1.82) is 5.26 Å². The number of rotatable bonds is 5. The monoisotopic (exact) mass is 501 g/mol. The lowest BCUT2D eigenvalue weighted by Gasteiger charge is -2.43. The fraction of sp³-hybridized carbons (Fsp3) is 0.519. The lowest BCUT2D eigenvalue weighted by molar-refractivity contribution is 0.128. The Kier molecular flexibility index (Phi) is 6.98. The SMILES string of the molecule is CC(C)(C)N1CCN(c2ccc(Nc3nc(N4CCC(CC#N)CC4)nc4cn[nH]c(=O)c34)cc2)CC1. The number of benzene rings is 1. The van der Waals surface area contributed by atoms with Crippen LogP contribution in [0.2, 0.25) is 0 Å². The summed E-state index contributed by atoms with van der Waals surface area (Å²) in [6.45, 7) is 12.5. The maximum absolute atomic E-state index is 12.7. The molecule has 0 unspecified atom stereocenters. The first-order valence-corrected chi connectivity index (χ1v) is 13.1. The van der Waals surface area contributed by atoms with Crippen molar-refractivity contribution in [1.82, 2.24) is 25.1 Å². The van der Waals surface area contributed by atoms with Gasteiger partial charge in [0.1, 0.15) is 16.7 Å². The van der Waals surface area contributed by atoms with Crippen molar-refractivity contribution in [2.24, 2.45) is 5.92 Å². The van der Waals surface area contributed by atoms with E-state index in [-0.39, 0.29) is 11.1 Å². The smallest absolute Gasteiger partial charge is 0.277 e. The van der Waals surface area contributed by atoms with Gasteiger partial charge < -0.3 is 15.1 Å². The highest BCUT2D eigenvalue weighted by molar-refractivity contribution is 5.90. The van der Waals surface area contributed by atoms with Crippen LogP contribution in [0.1, 0.15) is 40.0 Å². The first kappa shape index (κ1) is 25.0. The summed E-state index contributed by atoms with van der Waals surface area (Å²) in [6.07, 6.45) is 4.00. The maximum Gasteiger partial charge on any atom is 0.277 e. The minimum absolute atomic E-state index is 0.193. The predicted octanol–water partition coefficient (Wildman–Crippen LogP) is 3.51. The minimum Gasteiger partial charge on any atom is -0.369 e. The molecular weight excluding hydrogens is 466 g/mol. The summed E-state index contributed by atoms with van der Waals surface area (Å²) < 4.78 is 0. The molecule has 2 N–H and O–H groups in total. The van der Waals surface area contributed by atoms with Gasteiger partial charge in [-0.2, -0.15) is 15.3 Å². The van der Waals surface area contributed by atoms with Gasteiger partial charge in [0, 0.05) is 62.6 Å². The predicted molar refractivity (Wildman–Crippen MR) is 146 cm³/mol. The van der Waals surface area contributed by atoms with Crippen LogP contribution in [0.3, 0.4) is 0 Å². The van der Waals surface area contributed by atoms with Crippen molar-refractivity contribution in [2.75, 3.05) is 54.4 Å². The van der Waals surface area contributed by atoms with E-state index in [9.17, 15) is 4.79 Å². The van der Waals surface area contributed by atoms with Crippen molar-refractivity contribution in [3.05, 3.63) is 40.8 Å². The molecular formula is C27H35N9O. The van der Waals surface area contributed by atoms with Gasteiger partial charge in [0.2, 0.25) is 5.95 Å². The van der Waals surface area contributed by atoms with Crippen LogP contribution in [-0.4, -0.2) is 69.9 Å². The van der Waals surface area contributed by atoms with E-state index in [0.29, 0.717) is 35.0 Å². The van der Waals surface area contributed by atoms with Crippen LogP contribution in [0.4, 0.5) is 23.1 Å². The van der Waals surface area contributed by atoms with E-state index in [1.54, 1.807) is 6.20 Å². The average Bonchev–Trinajstić information content (AvgIpc) is 2.89. The standard InChI is InChI=1S/C27H35N9O/c1-27(2,3)36-16-14-34(15-17-36)21-6-4-20(5-7-21)30-24-23-22(18-29-33-25(23)37)31-26(32-24)35-12-9-19(8-11-28)10-13-35/h4-7,18-19H,8-10,12-17H2,1-3H3,(H,33,37)(H,30,31,32). The van der Waals surface area contributed by atoms with E-state index >= 15 is 0 Å². The zero-order chi connectivity index (χ0) is 26.0. The Labute approximate surface area is 217 Å². The number of aromatic nitrogens is 4. The second-order valence-electron chi connectivity index (χ2n) is 10.9. The third-order valence-corrected chi connectivity index (χ3v) is 7.51. The molecule has 37 heavy (non-hydrogen) atoms. The molecule has 0 bridgehead atoms. The Morgan fingerprint density at radius 1 is 1.03 bits per heavy atom. The molecule has 2 aliphatic rings. The van der Waals surface area contributed by atoms with Gasteiger partial charge >= 0.3 is 0 Å². The van der Waals surface area contributed by atoms with Crippen molar-refractivity contribution >= 4 is 34.0 Å². The van der Waals surface area contributed by atoms with Crippen LogP contribution in [0.5, 0.6) is 0 Å². The van der Waals surface area contributed by atoms with Crippen molar-refractivity contribution in [2.45, 2.75) is 45.6 Å². The van der Waals surface area contributed by atoms with E-state index in [4.69, 9.17) is 10.2 Å². The molecule has 0 spiro atoms. The molecule has 0 saturated carbocycles. The number of nitrogens with zero attached hydrogens (tertiary/aromatic N) is 7. The van der Waals surface area contributed by atoms with Crippen LogP contribution >= 0.6 is 0 Å². The largest absolute Gasteiger partial charge is 0.369 e. The van der Waals surface area contributed by atoms with Crippen LogP contribution in [0, 0.1) is 17.2 Å². The van der Waals surface area contributed by atoms with Gasteiger partial charge in [0.25, 0.3) is 5.56 Å². The van der Waals surface area contributed by atoms with E-state index in [1.165, 1.54) is 5.69 Å². The number of nitrogens with one attached hydrogen (secondary N) is 2. The number of nitriles is 1. The quantitative estimate of drug-likeness (QED) is 0.541. The molecule has 0 amide bonds. The number of H-pyrrole nitrogens is 1. The molecule has 2 aromatic heterocycles. The van der Waals surface area contributed by atoms with Crippen LogP contribution in [-0.2, 0) is 0 Å². The summed E-state index contributed by atoms with van der Waals surface area (Å²) >= 11 is 0. The van der Waals surface area contributed by atoms with E-state index in [1.807, 2.05) is 12.1 Å². The first-order chi connectivity index (χ1) is 17.8. The highest BCUT2D eigenvalue weighted by atomic mass is 16.1. The van der Waals surface area contributed by atoms with E-state index < -0.39 is 0 Å². The second-order valence-corrected chi connectivity index (χ2v) is 10.9. The van der Waals surface area contributed by atoms with Crippen LogP contribution < -0.4 is 20.7 Å². The number of piperazine rings is 1. The number of piperidine rings is 1. The lowest BCUT2D eigenvalue weighted by Crippen LogP contribution is -2.53. The summed E-state index contributed by atoms with van der Waals surface area (Å²) in [4.78, 5) is 29.1. The lowest BCUT2D eigenvalue weighted by atomic mass is 9.94. The van der Waals surface area contributed by atoms with Crippen LogP contribution in [0.15, 0.2) is 35.3 Å². The molecule has 4 heterocycles. The van der Waals surface area contributed by atoms with Gasteiger partial charge in [-0.1, -0.05) is 0 Å². The third-order valence-electron chi connectivity index (χ3n) is 7.51. The molecule has 10 heteroatoms. The molecule has 1 aromatic carbocycles. The minimum atomic E-state index is -0.326. The molecule has 2 fully saturated rings. The summed E-state index contributed by atoms with van der Waals surface area (Å²) in [7, 11) is 0. The first-order valence-electron chi connectivity index (χ1n) is 13.1. The van der Waals surface area contributed by atoms with Crippen molar-refractivity contribution < 1.29 is 0 Å². The highest BCUT2D eigenvalue weighted by Crippen LogP contribution is 2.28. The zero-order valence-electron chi connectivity index (χ0n) is 21.9. The van der Waals surface area contributed by atoms with Crippen molar-refractivity contribution in [3.63, 3.8) is 0 Å². The van der Waals surface area contributed by atoms with Gasteiger partial charge in [-0.25, -0.2) is 10.1 Å². The number of hydrogen-bond acceptors (Lipinski definition) is 9. The summed E-state index contributed by atoms with van der Waals surface area (Å²) in [5, 5.41) is 19.2. The Hall–Kier alpha value is -3.71. The van der Waals surface area contributed by atoms with Gasteiger partial charge in [-0.15, -0.1) is 0 Å². The van der Waals surface area contributed by atoms with E-state index in [2.05, 4.69) is 74.2 Å². The molecule has 2 saturated heterocycles. The fourth-order valence-corrected chi connectivity index (χ4v) is 5.22. The molecule has 0 atom stereocenters. The number of anilines is 4. The molecule has 2 aliphatic heterocycles. The number of hydrogen-bond donors (Lipinski definition) is 2. The molecule has 0 radical (unpaired) electrons. The molecule has 3 aromatic rings. The Morgan fingerprint density at radius 3 is 2.38 bits per heavy atom. The molecule has 5 rings (SSSR count). The Morgan fingerprint density at radius 2 is 1.73 bits per heavy atom. The highest BCUT2D eigenvalue weighted by Gasteiger charge is 2.26. The number of aromatic amines is 1. The van der Waals surface area contributed by atoms with Gasteiger partial charge in [-0.05, 0) is 63.8 Å². The molecule has 194 valence electrons. The zero-order valence-corrected chi connectivity index (χ0v) is 21.9. The Bertz CT molecular complexity index is 1320. The Balaban J connectivity index is 1.35. The topological polar surface area (TPSA) is 117 Å². The van der Waals surface area contributed by atoms with Crippen molar-refractivity contribution in [3.8, 4) is 6.07 Å². The van der Waals surface area contributed by atoms with Gasteiger partial charge in [0.05, 0.1) is 12.3 Å². The maximum atomic E-state index is 12.7. The van der Waals surface area contributed by atoms with Gasteiger partial charge in [-0.3, -0.25) is 9.69 Å². The van der Waals surface area contributed by atoms with Crippen LogP contribution in [0.25, 0.3) is 10.9 Å².